The summed E-state index contributed by atoms with van der Waals surface area (Å²) in [5.74, 6) is 5.46. The van der Waals surface area contributed by atoms with Gasteiger partial charge in [-0.05, 0) is 42.9 Å². The van der Waals surface area contributed by atoms with Crippen molar-refractivity contribution >= 4 is 0 Å². The van der Waals surface area contributed by atoms with Crippen molar-refractivity contribution in [1.82, 2.24) is 14.9 Å². The highest BCUT2D eigenvalue weighted by atomic mass is 15.1. The van der Waals surface area contributed by atoms with Gasteiger partial charge in [0.25, 0.3) is 0 Å². The van der Waals surface area contributed by atoms with Gasteiger partial charge in [-0.2, -0.15) is 0 Å². The maximum atomic E-state index is 4.37. The molecule has 0 radical (unpaired) electrons. The minimum atomic E-state index is 0.863. The van der Waals surface area contributed by atoms with E-state index in [1.807, 2.05) is 12.4 Å². The summed E-state index contributed by atoms with van der Waals surface area (Å²) in [5.41, 5.74) is 0. The Balaban J connectivity index is 1.29. The summed E-state index contributed by atoms with van der Waals surface area (Å²) >= 11 is 0. The van der Waals surface area contributed by atoms with Crippen molar-refractivity contribution in [1.29, 1.82) is 0 Å². The first kappa shape index (κ1) is 10.1. The molecule has 0 amide bonds. The third-order valence-corrected chi connectivity index (χ3v) is 5.38. The van der Waals surface area contributed by atoms with Crippen molar-refractivity contribution < 1.29 is 0 Å². The van der Waals surface area contributed by atoms with E-state index in [1.54, 1.807) is 6.42 Å². The molecule has 0 saturated heterocycles. The maximum Gasteiger partial charge on any atom is 0.109 e. The van der Waals surface area contributed by atoms with E-state index in [-0.39, 0.29) is 0 Å². The fraction of sp³-hybridized carbons (Fsp3) is 0.786. The van der Waals surface area contributed by atoms with Crippen LogP contribution in [0.5, 0.6) is 0 Å². The van der Waals surface area contributed by atoms with Crippen molar-refractivity contribution in [2.45, 2.75) is 31.7 Å². The van der Waals surface area contributed by atoms with Crippen LogP contribution in [0.25, 0.3) is 0 Å². The summed E-state index contributed by atoms with van der Waals surface area (Å²) in [6.45, 7) is 1.10. The minimum absolute atomic E-state index is 0.863. The number of imidazole rings is 1. The molecule has 1 N–H and O–H groups in total. The lowest BCUT2D eigenvalue weighted by molar-refractivity contribution is 0.456. The lowest BCUT2D eigenvalue weighted by Gasteiger charge is -2.10. The van der Waals surface area contributed by atoms with Gasteiger partial charge in [-0.3, -0.25) is 0 Å². The van der Waals surface area contributed by atoms with Crippen LogP contribution >= 0.6 is 0 Å². The maximum absolute atomic E-state index is 4.37. The minimum Gasteiger partial charge on any atom is -0.338 e. The van der Waals surface area contributed by atoms with E-state index in [9.17, 15) is 0 Å². The number of rotatable bonds is 4. The van der Waals surface area contributed by atoms with Crippen LogP contribution in [0, 0.1) is 23.7 Å². The lowest BCUT2D eigenvalue weighted by atomic mass is 10.0. The topological polar surface area (TPSA) is 29.9 Å². The second-order valence-electron chi connectivity index (χ2n) is 6.17. The molecule has 92 valence electrons. The van der Waals surface area contributed by atoms with E-state index in [4.69, 9.17) is 0 Å². The fourth-order valence-corrected chi connectivity index (χ4v) is 4.59. The standard InChI is InChI=1S/C14H21N3/c1-17-7-6-15-11(17)4-5-16-14-12-9-2-3-10(8-9)13(12)14/h6-7,9-10,12-14,16H,2-5,8H2,1H3. The smallest absolute Gasteiger partial charge is 0.109 e. The number of nitrogens with one attached hydrogen (secondary N) is 1. The third kappa shape index (κ3) is 1.48. The number of fused-ring (bicyclic) bond motifs is 5. The Morgan fingerprint density at radius 3 is 2.76 bits per heavy atom. The van der Waals surface area contributed by atoms with E-state index < -0.39 is 0 Å². The van der Waals surface area contributed by atoms with Crippen molar-refractivity contribution in [2.75, 3.05) is 6.54 Å². The molecule has 4 atom stereocenters. The molecular weight excluding hydrogens is 210 g/mol. The lowest BCUT2D eigenvalue weighted by Crippen LogP contribution is -2.25. The zero-order valence-corrected chi connectivity index (χ0v) is 10.5. The Morgan fingerprint density at radius 2 is 2.12 bits per heavy atom. The van der Waals surface area contributed by atoms with Gasteiger partial charge in [-0.25, -0.2) is 4.98 Å². The molecule has 3 fully saturated rings. The Kier molecular flexibility index (Phi) is 2.13. The molecule has 1 aromatic rings. The number of aromatic nitrogens is 2. The summed E-state index contributed by atoms with van der Waals surface area (Å²) in [5, 5.41) is 3.77. The van der Waals surface area contributed by atoms with Crippen molar-refractivity contribution in [2.24, 2.45) is 30.7 Å². The summed E-state index contributed by atoms with van der Waals surface area (Å²) in [6, 6.07) is 0.863. The predicted octanol–water partition coefficient (Wildman–Crippen LogP) is 1.60. The molecule has 17 heavy (non-hydrogen) atoms. The van der Waals surface area contributed by atoms with Crippen LogP contribution in [0.3, 0.4) is 0 Å². The van der Waals surface area contributed by atoms with Crippen LogP contribution in [0.15, 0.2) is 12.4 Å². The Bertz CT molecular complexity index is 409. The van der Waals surface area contributed by atoms with Gasteiger partial charge in [0, 0.05) is 38.4 Å². The van der Waals surface area contributed by atoms with Crippen molar-refractivity contribution in [3.8, 4) is 0 Å². The second-order valence-corrected chi connectivity index (χ2v) is 6.17. The van der Waals surface area contributed by atoms with Gasteiger partial charge in [0.1, 0.15) is 5.82 Å². The first-order valence-corrected chi connectivity index (χ1v) is 7.04. The van der Waals surface area contributed by atoms with Gasteiger partial charge in [0.05, 0.1) is 0 Å². The molecule has 3 aliphatic carbocycles. The van der Waals surface area contributed by atoms with Crippen LogP contribution in [0.4, 0.5) is 0 Å². The molecular formula is C14H21N3. The zero-order chi connectivity index (χ0) is 11.4. The summed E-state index contributed by atoms with van der Waals surface area (Å²) in [6.07, 6.45) is 9.57. The molecule has 4 unspecified atom stereocenters. The van der Waals surface area contributed by atoms with E-state index >= 15 is 0 Å². The molecule has 4 rings (SSSR count). The molecule has 0 aromatic carbocycles. The van der Waals surface area contributed by atoms with Crippen molar-refractivity contribution in [3.63, 3.8) is 0 Å². The van der Waals surface area contributed by atoms with E-state index in [0.29, 0.717) is 0 Å². The third-order valence-electron chi connectivity index (χ3n) is 5.38. The summed E-state index contributed by atoms with van der Waals surface area (Å²) in [4.78, 5) is 4.37. The molecule has 3 aliphatic rings. The first-order chi connectivity index (χ1) is 8.34. The molecule has 1 heterocycles. The van der Waals surface area contributed by atoms with Crippen LogP contribution in [-0.2, 0) is 13.5 Å². The van der Waals surface area contributed by atoms with Crippen LogP contribution in [-0.4, -0.2) is 22.1 Å². The van der Waals surface area contributed by atoms with Crippen LogP contribution in [0.1, 0.15) is 25.1 Å². The van der Waals surface area contributed by atoms with Gasteiger partial charge < -0.3 is 9.88 Å². The second kappa shape index (κ2) is 3.58. The first-order valence-electron chi connectivity index (χ1n) is 7.04. The molecule has 3 saturated carbocycles. The highest BCUT2D eigenvalue weighted by Crippen LogP contribution is 2.65. The number of hydrogen-bond donors (Lipinski definition) is 1. The quantitative estimate of drug-likeness (QED) is 0.853. The number of hydrogen-bond acceptors (Lipinski definition) is 2. The number of nitrogens with zero attached hydrogens (tertiary/aromatic N) is 2. The number of aryl methyl sites for hydroxylation is 1. The van der Waals surface area contributed by atoms with Gasteiger partial charge >= 0.3 is 0 Å². The Morgan fingerprint density at radius 1 is 1.35 bits per heavy atom. The predicted molar refractivity (Wildman–Crippen MR) is 66.5 cm³/mol. The molecule has 0 spiro atoms. The Hall–Kier alpha value is -0.830. The van der Waals surface area contributed by atoms with Crippen LogP contribution in [0.2, 0.25) is 0 Å². The molecule has 0 aliphatic heterocycles. The SMILES string of the molecule is Cn1ccnc1CCNC1C2C3CCC(C3)C12. The summed E-state index contributed by atoms with van der Waals surface area (Å²) < 4.78 is 2.12. The normalized spacial score (nSPS) is 41.8. The van der Waals surface area contributed by atoms with Gasteiger partial charge in [0.2, 0.25) is 0 Å². The molecule has 2 bridgehead atoms. The zero-order valence-electron chi connectivity index (χ0n) is 10.5. The molecule has 3 heteroatoms. The largest absolute Gasteiger partial charge is 0.338 e. The highest BCUT2D eigenvalue weighted by molar-refractivity contribution is 5.16. The van der Waals surface area contributed by atoms with Gasteiger partial charge in [-0.15, -0.1) is 0 Å². The van der Waals surface area contributed by atoms with Crippen LogP contribution < -0.4 is 5.32 Å². The summed E-state index contributed by atoms with van der Waals surface area (Å²) in [7, 11) is 2.08. The molecule has 1 aromatic heterocycles. The molecule has 3 nitrogen and oxygen atoms in total. The van der Waals surface area contributed by atoms with E-state index in [1.165, 1.54) is 18.7 Å². The highest BCUT2D eigenvalue weighted by Gasteiger charge is 2.64. The average molecular weight is 231 g/mol. The van der Waals surface area contributed by atoms with Crippen molar-refractivity contribution in [3.05, 3.63) is 18.2 Å². The van der Waals surface area contributed by atoms with E-state index in [2.05, 4.69) is 21.9 Å². The van der Waals surface area contributed by atoms with Gasteiger partial charge in [-0.1, -0.05) is 0 Å². The Labute approximate surface area is 103 Å². The van der Waals surface area contributed by atoms with E-state index in [0.717, 1.165) is 42.7 Å². The van der Waals surface area contributed by atoms with Gasteiger partial charge in [0.15, 0.2) is 0 Å². The fourth-order valence-electron chi connectivity index (χ4n) is 4.59. The monoisotopic (exact) mass is 231 g/mol. The average Bonchev–Trinajstić information content (AvgIpc) is 2.73.